The number of ether oxygens (including phenoxy) is 2. The van der Waals surface area contributed by atoms with Gasteiger partial charge in [-0.25, -0.2) is 0 Å². The topological polar surface area (TPSA) is 72.8 Å². The van der Waals surface area contributed by atoms with E-state index < -0.39 is 12.2 Å². The van der Waals surface area contributed by atoms with Crippen molar-refractivity contribution in [2.24, 2.45) is 17.8 Å². The number of allylic oxidation sites excluding steroid dienone is 3. The van der Waals surface area contributed by atoms with Gasteiger partial charge in [0.2, 0.25) is 0 Å². The first kappa shape index (κ1) is 18.9. The molecule has 1 aliphatic carbocycles. The van der Waals surface area contributed by atoms with Crippen LogP contribution in [0.15, 0.2) is 35.5 Å². The van der Waals surface area contributed by atoms with Gasteiger partial charge < -0.3 is 14.6 Å². The van der Waals surface area contributed by atoms with Crippen LogP contribution in [0.1, 0.15) is 46.5 Å². The molecule has 3 aliphatic rings. The highest BCUT2D eigenvalue weighted by atomic mass is 16.5. The molecule has 0 aromatic carbocycles. The van der Waals surface area contributed by atoms with Gasteiger partial charge in [-0.15, -0.1) is 0 Å². The molecule has 142 valence electrons. The van der Waals surface area contributed by atoms with Gasteiger partial charge in [-0.3, -0.25) is 9.59 Å². The average Bonchev–Trinajstić information content (AvgIpc) is 2.71. The zero-order valence-electron chi connectivity index (χ0n) is 15.7. The molecular weight excluding hydrogens is 332 g/mol. The average molecular weight is 360 g/mol. The summed E-state index contributed by atoms with van der Waals surface area (Å²) in [5.74, 6) is -0.918. The highest BCUT2D eigenvalue weighted by molar-refractivity contribution is 5.77. The Hall–Kier alpha value is -1.88. The molecule has 0 amide bonds. The van der Waals surface area contributed by atoms with Crippen LogP contribution in [0.3, 0.4) is 0 Å². The van der Waals surface area contributed by atoms with Gasteiger partial charge in [0.1, 0.15) is 12.2 Å². The predicted molar refractivity (Wildman–Crippen MR) is 97.0 cm³/mol. The predicted octanol–water partition coefficient (Wildman–Crippen LogP) is 3.09. The summed E-state index contributed by atoms with van der Waals surface area (Å²) in [6, 6.07) is 0. The van der Waals surface area contributed by atoms with E-state index in [0.29, 0.717) is 6.42 Å². The van der Waals surface area contributed by atoms with E-state index in [2.05, 4.69) is 0 Å². The summed E-state index contributed by atoms with van der Waals surface area (Å²) >= 11 is 0. The first-order chi connectivity index (χ1) is 12.4. The summed E-state index contributed by atoms with van der Waals surface area (Å²) in [6.45, 7) is 5.98. The Morgan fingerprint density at radius 1 is 1.15 bits per heavy atom. The molecule has 0 radical (unpaired) electrons. The molecule has 0 saturated carbocycles. The molecule has 6 atom stereocenters. The van der Waals surface area contributed by atoms with E-state index >= 15 is 0 Å². The Morgan fingerprint density at radius 3 is 2.65 bits per heavy atom. The number of cyclic esters (lactones) is 1. The molecule has 5 nitrogen and oxygen atoms in total. The van der Waals surface area contributed by atoms with Crippen LogP contribution in [0.5, 0.6) is 0 Å². The molecule has 5 heteroatoms. The second-order valence-corrected chi connectivity index (χ2v) is 7.73. The van der Waals surface area contributed by atoms with E-state index in [9.17, 15) is 14.7 Å². The van der Waals surface area contributed by atoms with Crippen molar-refractivity contribution in [3.8, 4) is 0 Å². The molecule has 0 unspecified atom stereocenters. The third-order valence-corrected chi connectivity index (χ3v) is 5.66. The summed E-state index contributed by atoms with van der Waals surface area (Å²) in [5.41, 5.74) is 2.02. The molecule has 2 saturated heterocycles. The Labute approximate surface area is 154 Å². The molecule has 2 aliphatic heterocycles. The highest BCUT2D eigenvalue weighted by Crippen LogP contribution is 2.37. The monoisotopic (exact) mass is 360 g/mol. The van der Waals surface area contributed by atoms with Crippen LogP contribution in [0.25, 0.3) is 0 Å². The maximum Gasteiger partial charge on any atom is 0.313 e. The zero-order valence-corrected chi connectivity index (χ0v) is 15.7. The van der Waals surface area contributed by atoms with Crippen molar-refractivity contribution in [3.05, 3.63) is 35.5 Å². The lowest BCUT2D eigenvalue weighted by Gasteiger charge is -2.35. The van der Waals surface area contributed by atoms with Crippen molar-refractivity contribution in [1.82, 2.24) is 0 Å². The summed E-state index contributed by atoms with van der Waals surface area (Å²) in [7, 11) is 0. The lowest BCUT2D eigenvalue weighted by atomic mass is 9.77. The minimum Gasteiger partial charge on any atom is -0.462 e. The zero-order chi connectivity index (χ0) is 18.8. The standard InChI is InChI=1S/C21H28O5/c1-4-16-11-17-13(3)8-19-14(9-15(22)10-20(23)26-19)6-5-12(2)7-18(17)21(24)25-16/h5-8,14-19,22H,4,9-11H2,1-3H3/b6-5+,12-7-,13-8+/t14-,15+,16+,17-,18-,19+/m1/s1. The quantitative estimate of drug-likeness (QED) is 0.575. The third-order valence-electron chi connectivity index (χ3n) is 5.66. The SMILES string of the molecule is CC[C@H]1C[C@@H]2/C(C)=C/[C@@H]3OC(=O)C[C@@H](O)C[C@H]3/C=C/C(C)=C\[C@H]2C(=O)O1. The largest absolute Gasteiger partial charge is 0.462 e. The van der Waals surface area contributed by atoms with Crippen molar-refractivity contribution in [2.75, 3.05) is 0 Å². The Morgan fingerprint density at radius 2 is 1.92 bits per heavy atom. The van der Waals surface area contributed by atoms with E-state index in [-0.39, 0.29) is 42.2 Å². The van der Waals surface area contributed by atoms with Gasteiger partial charge in [0, 0.05) is 5.92 Å². The minimum atomic E-state index is -0.690. The fourth-order valence-corrected chi connectivity index (χ4v) is 4.14. The number of hydrogen-bond acceptors (Lipinski definition) is 5. The van der Waals surface area contributed by atoms with E-state index in [4.69, 9.17) is 9.47 Å². The molecule has 0 aromatic rings. The van der Waals surface area contributed by atoms with Gasteiger partial charge in [0.15, 0.2) is 0 Å². The van der Waals surface area contributed by atoms with Gasteiger partial charge in [-0.2, -0.15) is 0 Å². The Balaban J connectivity index is 2.01. The van der Waals surface area contributed by atoms with Gasteiger partial charge in [-0.05, 0) is 45.1 Å². The molecule has 2 heterocycles. The number of aliphatic hydroxyl groups is 1. The third kappa shape index (κ3) is 4.09. The number of rotatable bonds is 1. The van der Waals surface area contributed by atoms with Crippen LogP contribution >= 0.6 is 0 Å². The second kappa shape index (κ2) is 7.78. The van der Waals surface area contributed by atoms with Gasteiger partial charge >= 0.3 is 11.9 Å². The van der Waals surface area contributed by atoms with Crippen LogP contribution in [0.2, 0.25) is 0 Å². The molecule has 2 fully saturated rings. The Bertz CT molecular complexity index is 659. The van der Waals surface area contributed by atoms with Crippen LogP contribution in [-0.2, 0) is 19.1 Å². The molecule has 0 aromatic heterocycles. The summed E-state index contributed by atoms with van der Waals surface area (Å²) in [5, 5.41) is 10.1. The van der Waals surface area contributed by atoms with Crippen molar-refractivity contribution >= 4 is 11.9 Å². The fraction of sp³-hybridized carbons (Fsp3) is 0.619. The maximum atomic E-state index is 12.5. The normalized spacial score (nSPS) is 43.2. The molecule has 3 rings (SSSR count). The maximum absolute atomic E-state index is 12.5. The Kier molecular flexibility index (Phi) is 5.66. The smallest absolute Gasteiger partial charge is 0.313 e. The molecule has 26 heavy (non-hydrogen) atoms. The number of esters is 2. The van der Waals surface area contributed by atoms with Crippen molar-refractivity contribution < 1.29 is 24.2 Å². The molecule has 0 bridgehead atoms. The van der Waals surface area contributed by atoms with E-state index in [0.717, 1.165) is 24.0 Å². The van der Waals surface area contributed by atoms with Crippen LogP contribution < -0.4 is 0 Å². The number of carbonyl (C=O) groups is 2. The van der Waals surface area contributed by atoms with Crippen LogP contribution in [0.4, 0.5) is 0 Å². The van der Waals surface area contributed by atoms with Gasteiger partial charge in [0.05, 0.1) is 18.4 Å². The molecule has 1 N–H and O–H groups in total. The molecule has 0 spiro atoms. The number of hydrogen-bond donors (Lipinski definition) is 1. The van der Waals surface area contributed by atoms with Gasteiger partial charge in [0.25, 0.3) is 0 Å². The second-order valence-electron chi connectivity index (χ2n) is 7.73. The van der Waals surface area contributed by atoms with Crippen molar-refractivity contribution in [2.45, 2.75) is 64.8 Å². The summed E-state index contributed by atoms with van der Waals surface area (Å²) in [6.07, 6.45) is 8.78. The first-order valence-electron chi connectivity index (χ1n) is 9.50. The summed E-state index contributed by atoms with van der Waals surface area (Å²) in [4.78, 5) is 24.5. The van der Waals surface area contributed by atoms with Crippen molar-refractivity contribution in [1.29, 1.82) is 0 Å². The molecular formula is C21H28O5. The van der Waals surface area contributed by atoms with Crippen LogP contribution in [0, 0.1) is 17.8 Å². The van der Waals surface area contributed by atoms with Crippen LogP contribution in [-0.4, -0.2) is 35.4 Å². The minimum absolute atomic E-state index is 0.0266. The number of aliphatic hydroxyl groups excluding tert-OH is 1. The summed E-state index contributed by atoms with van der Waals surface area (Å²) < 4.78 is 11.2. The first-order valence-corrected chi connectivity index (χ1v) is 9.50. The number of fused-ring (bicyclic) bond motifs is 2. The van der Waals surface area contributed by atoms with E-state index in [1.54, 1.807) is 0 Å². The fourth-order valence-electron chi connectivity index (χ4n) is 4.14. The van der Waals surface area contributed by atoms with E-state index in [1.807, 2.05) is 45.1 Å². The highest BCUT2D eigenvalue weighted by Gasteiger charge is 2.39. The lowest BCUT2D eigenvalue weighted by Crippen LogP contribution is -2.38. The van der Waals surface area contributed by atoms with Gasteiger partial charge in [-0.1, -0.05) is 36.3 Å². The number of carbonyl (C=O) groups excluding carboxylic acids is 2. The lowest BCUT2D eigenvalue weighted by molar-refractivity contribution is -0.161. The van der Waals surface area contributed by atoms with E-state index in [1.165, 1.54) is 0 Å². The van der Waals surface area contributed by atoms with Crippen molar-refractivity contribution in [3.63, 3.8) is 0 Å².